The molecule has 0 aliphatic carbocycles. The number of aromatic nitrogens is 3. The van der Waals surface area contributed by atoms with Gasteiger partial charge < -0.3 is 5.32 Å². The Hall–Kier alpha value is -3.57. The van der Waals surface area contributed by atoms with Crippen molar-refractivity contribution in [2.24, 2.45) is 0 Å². The summed E-state index contributed by atoms with van der Waals surface area (Å²) >= 11 is 1.19. The number of rotatable bonds is 5. The van der Waals surface area contributed by atoms with Crippen LogP contribution in [0.2, 0.25) is 0 Å². The number of aryl methyl sites for hydroxylation is 1. The first-order chi connectivity index (χ1) is 13.5. The number of anilines is 1. The van der Waals surface area contributed by atoms with Gasteiger partial charge in [0.2, 0.25) is 5.91 Å². The highest BCUT2D eigenvalue weighted by molar-refractivity contribution is 7.17. The Morgan fingerprint density at radius 1 is 1.25 bits per heavy atom. The zero-order valence-corrected chi connectivity index (χ0v) is 16.2. The third-order valence-electron chi connectivity index (χ3n) is 3.90. The first-order valence-electron chi connectivity index (χ1n) is 8.37. The van der Waals surface area contributed by atoms with E-state index in [0.717, 1.165) is 0 Å². The first-order valence-corrected chi connectivity index (χ1v) is 9.19. The van der Waals surface area contributed by atoms with Crippen LogP contribution in [0.4, 0.5) is 5.69 Å². The van der Waals surface area contributed by atoms with Crippen LogP contribution in [-0.2, 0) is 4.79 Å². The average molecular weight is 391 g/mol. The van der Waals surface area contributed by atoms with Gasteiger partial charge in [0.25, 0.3) is 5.91 Å². The van der Waals surface area contributed by atoms with Crippen LogP contribution in [0.15, 0.2) is 42.7 Å². The van der Waals surface area contributed by atoms with Crippen molar-refractivity contribution in [3.63, 3.8) is 0 Å². The summed E-state index contributed by atoms with van der Waals surface area (Å²) < 4.78 is 0. The van der Waals surface area contributed by atoms with Crippen LogP contribution < -0.4 is 10.2 Å². The number of nitrogens with zero attached hydrogens (tertiary/aromatic N) is 4. The zero-order valence-electron chi connectivity index (χ0n) is 15.3. The predicted octanol–water partition coefficient (Wildman–Crippen LogP) is 2.28. The molecule has 3 aromatic rings. The van der Waals surface area contributed by atoms with Crippen molar-refractivity contribution in [1.29, 1.82) is 0 Å². The number of terminal acetylenes is 1. The van der Waals surface area contributed by atoms with E-state index < -0.39 is 0 Å². The summed E-state index contributed by atoms with van der Waals surface area (Å²) in [5.41, 5.74) is 1.70. The Morgan fingerprint density at radius 2 is 2.00 bits per heavy atom. The van der Waals surface area contributed by atoms with Crippen LogP contribution in [0, 0.1) is 19.3 Å². The van der Waals surface area contributed by atoms with Gasteiger partial charge in [-0.3, -0.25) is 14.5 Å². The van der Waals surface area contributed by atoms with Crippen LogP contribution in [0.5, 0.6) is 0 Å². The summed E-state index contributed by atoms with van der Waals surface area (Å²) in [7, 11) is 1.52. The van der Waals surface area contributed by atoms with Crippen LogP contribution in [0.1, 0.15) is 20.9 Å². The topological polar surface area (TPSA) is 88.1 Å². The SMILES string of the molecule is C#Cc1cccc(N(CC(=O)NC)C(=O)c2sc(-c3ncccn3)nc2C)c1. The van der Waals surface area contributed by atoms with Gasteiger partial charge in [-0.2, -0.15) is 0 Å². The molecular formula is C20H17N5O2S. The molecule has 1 aromatic carbocycles. The molecule has 0 radical (unpaired) electrons. The van der Waals surface area contributed by atoms with Gasteiger partial charge >= 0.3 is 0 Å². The van der Waals surface area contributed by atoms with E-state index in [4.69, 9.17) is 6.42 Å². The summed E-state index contributed by atoms with van der Waals surface area (Å²) in [6, 6.07) is 8.64. The van der Waals surface area contributed by atoms with Crippen LogP contribution in [0.3, 0.4) is 0 Å². The van der Waals surface area contributed by atoms with E-state index in [1.807, 2.05) is 0 Å². The minimum Gasteiger partial charge on any atom is -0.358 e. The average Bonchev–Trinajstić information content (AvgIpc) is 3.13. The lowest BCUT2D eigenvalue weighted by Gasteiger charge is -2.22. The highest BCUT2D eigenvalue weighted by Gasteiger charge is 2.25. The lowest BCUT2D eigenvalue weighted by molar-refractivity contribution is -0.119. The smallest absolute Gasteiger partial charge is 0.270 e. The van der Waals surface area contributed by atoms with Crippen molar-refractivity contribution in [1.82, 2.24) is 20.3 Å². The van der Waals surface area contributed by atoms with Crippen LogP contribution in [0.25, 0.3) is 10.8 Å². The molecule has 140 valence electrons. The number of thiazole rings is 1. The van der Waals surface area contributed by atoms with Crippen molar-refractivity contribution in [3.05, 3.63) is 58.9 Å². The molecule has 0 unspecified atom stereocenters. The molecule has 8 heteroatoms. The second-order valence-corrected chi connectivity index (χ2v) is 6.76. The van der Waals surface area contributed by atoms with Gasteiger partial charge in [0.15, 0.2) is 10.8 Å². The molecule has 3 rings (SSSR count). The molecule has 0 spiro atoms. The molecule has 28 heavy (non-hydrogen) atoms. The summed E-state index contributed by atoms with van der Waals surface area (Å²) in [5.74, 6) is 2.35. The Kier molecular flexibility index (Phi) is 5.77. The number of benzene rings is 1. The van der Waals surface area contributed by atoms with Gasteiger partial charge in [-0.15, -0.1) is 17.8 Å². The van der Waals surface area contributed by atoms with Crippen molar-refractivity contribution < 1.29 is 9.59 Å². The molecule has 1 N–H and O–H groups in total. The molecule has 0 saturated carbocycles. The van der Waals surface area contributed by atoms with Crippen LogP contribution >= 0.6 is 11.3 Å². The number of hydrogen-bond acceptors (Lipinski definition) is 6. The number of carbonyl (C=O) groups excluding carboxylic acids is 2. The molecule has 0 saturated heterocycles. The normalized spacial score (nSPS) is 10.2. The zero-order chi connectivity index (χ0) is 20.1. The van der Waals surface area contributed by atoms with Gasteiger partial charge in [0.05, 0.1) is 5.69 Å². The third kappa shape index (κ3) is 4.05. The van der Waals surface area contributed by atoms with Gasteiger partial charge in [0, 0.05) is 30.7 Å². The minimum absolute atomic E-state index is 0.141. The van der Waals surface area contributed by atoms with E-state index in [-0.39, 0.29) is 18.4 Å². The van der Waals surface area contributed by atoms with Gasteiger partial charge in [-0.1, -0.05) is 12.0 Å². The largest absolute Gasteiger partial charge is 0.358 e. The third-order valence-corrected chi connectivity index (χ3v) is 5.04. The van der Waals surface area contributed by atoms with Crippen molar-refractivity contribution in [3.8, 4) is 23.2 Å². The molecule has 2 amide bonds. The summed E-state index contributed by atoms with van der Waals surface area (Å²) in [6.07, 6.45) is 8.70. The van der Waals surface area contributed by atoms with E-state index in [9.17, 15) is 9.59 Å². The second kappa shape index (κ2) is 8.41. The fourth-order valence-electron chi connectivity index (χ4n) is 2.49. The highest BCUT2D eigenvalue weighted by Crippen LogP contribution is 2.28. The minimum atomic E-state index is -0.338. The molecule has 0 atom stereocenters. The lowest BCUT2D eigenvalue weighted by Crippen LogP contribution is -2.39. The van der Waals surface area contributed by atoms with Crippen molar-refractivity contribution in [2.75, 3.05) is 18.5 Å². The standard InChI is InChI=1S/C20H17N5O2S/c1-4-14-7-5-8-15(11-14)25(12-16(26)21-3)20(27)17-13(2)24-19(28-17)18-22-9-6-10-23-18/h1,5-11H,12H2,2-3H3,(H,21,26). The van der Waals surface area contributed by atoms with E-state index in [2.05, 4.69) is 26.2 Å². The molecule has 0 fully saturated rings. The molecular weight excluding hydrogens is 374 g/mol. The van der Waals surface area contributed by atoms with E-state index in [0.29, 0.717) is 32.7 Å². The van der Waals surface area contributed by atoms with E-state index >= 15 is 0 Å². The molecule has 0 aliphatic heterocycles. The molecule has 2 aromatic heterocycles. The molecule has 0 aliphatic rings. The number of nitrogens with one attached hydrogen (secondary N) is 1. The monoisotopic (exact) mass is 391 g/mol. The van der Waals surface area contributed by atoms with Gasteiger partial charge in [-0.05, 0) is 31.2 Å². The van der Waals surface area contributed by atoms with E-state index in [1.54, 1.807) is 49.6 Å². The maximum absolute atomic E-state index is 13.3. The van der Waals surface area contributed by atoms with Gasteiger partial charge in [-0.25, -0.2) is 15.0 Å². The summed E-state index contributed by atoms with van der Waals surface area (Å²) in [6.45, 7) is 1.60. The molecule has 7 nitrogen and oxygen atoms in total. The maximum atomic E-state index is 13.3. The van der Waals surface area contributed by atoms with Gasteiger partial charge in [0.1, 0.15) is 11.4 Å². The fraction of sp³-hybridized carbons (Fsp3) is 0.150. The number of hydrogen-bond donors (Lipinski definition) is 1. The Bertz CT molecular complexity index is 1060. The Balaban J connectivity index is 2.01. The van der Waals surface area contributed by atoms with Crippen molar-refractivity contribution >= 4 is 28.8 Å². The Morgan fingerprint density at radius 3 is 2.68 bits per heavy atom. The second-order valence-electron chi connectivity index (χ2n) is 5.77. The van der Waals surface area contributed by atoms with Crippen molar-refractivity contribution in [2.45, 2.75) is 6.92 Å². The van der Waals surface area contributed by atoms with Crippen LogP contribution in [-0.4, -0.2) is 40.4 Å². The first kappa shape index (κ1) is 19.2. The highest BCUT2D eigenvalue weighted by atomic mass is 32.1. The predicted molar refractivity (Wildman–Crippen MR) is 108 cm³/mol. The molecule has 2 heterocycles. The number of carbonyl (C=O) groups is 2. The Labute approximate surface area is 166 Å². The fourth-order valence-corrected chi connectivity index (χ4v) is 3.45. The summed E-state index contributed by atoms with van der Waals surface area (Å²) in [4.78, 5) is 39.9. The summed E-state index contributed by atoms with van der Waals surface area (Å²) in [5, 5.41) is 3.08. The lowest BCUT2D eigenvalue weighted by atomic mass is 10.2. The molecule has 0 bridgehead atoms. The number of amides is 2. The quantitative estimate of drug-likeness (QED) is 0.674. The van der Waals surface area contributed by atoms with E-state index in [1.165, 1.54) is 23.3 Å². The maximum Gasteiger partial charge on any atom is 0.270 e. The number of likely N-dealkylation sites (N-methyl/N-ethyl adjacent to an activating group) is 1.